The maximum Gasteiger partial charge on any atom is 0.266 e. The number of benzene rings is 3. The molecule has 0 aromatic heterocycles. The molecule has 0 bridgehead atoms. The Kier molecular flexibility index (Phi) is 6.82. The summed E-state index contributed by atoms with van der Waals surface area (Å²) in [5, 5.41) is 12.5. The number of halogens is 3. The molecule has 3 aromatic carbocycles. The Hall–Kier alpha value is -2.94. The summed E-state index contributed by atoms with van der Waals surface area (Å²) in [7, 11) is 0. The Labute approximate surface area is 181 Å². The molecule has 1 amide bonds. The molecule has 0 saturated heterocycles. The molecule has 0 unspecified atom stereocenters. The van der Waals surface area contributed by atoms with E-state index in [0.29, 0.717) is 28.3 Å². The first-order chi connectivity index (χ1) is 14.0. The van der Waals surface area contributed by atoms with Crippen LogP contribution < -0.4 is 5.32 Å². The van der Waals surface area contributed by atoms with Crippen molar-refractivity contribution in [1.82, 2.24) is 0 Å². The van der Waals surface area contributed by atoms with Gasteiger partial charge >= 0.3 is 0 Å². The van der Waals surface area contributed by atoms with Gasteiger partial charge in [-0.1, -0.05) is 57.9 Å². The number of nitrogens with zero attached hydrogens (tertiary/aromatic N) is 1. The zero-order valence-corrected chi connectivity index (χ0v) is 17.5. The van der Waals surface area contributed by atoms with Gasteiger partial charge in [0.2, 0.25) is 0 Å². The molecule has 29 heavy (non-hydrogen) atoms. The smallest absolute Gasteiger partial charge is 0.266 e. The predicted molar refractivity (Wildman–Crippen MR) is 117 cm³/mol. The van der Waals surface area contributed by atoms with Gasteiger partial charge < -0.3 is 5.32 Å². The second-order valence-electron chi connectivity index (χ2n) is 6.25. The third-order valence-corrected chi connectivity index (χ3v) is 5.07. The second-order valence-corrected chi connectivity index (χ2v) is 7.57. The van der Waals surface area contributed by atoms with E-state index in [4.69, 9.17) is 11.6 Å². The number of hydrogen-bond donors (Lipinski definition) is 1. The molecular formula is C23H15BrClFN2O. The van der Waals surface area contributed by atoms with Gasteiger partial charge in [0.25, 0.3) is 5.91 Å². The average Bonchev–Trinajstić information content (AvgIpc) is 2.71. The van der Waals surface area contributed by atoms with Crippen molar-refractivity contribution in [1.29, 1.82) is 5.26 Å². The number of nitriles is 1. The molecule has 0 aliphatic rings. The van der Waals surface area contributed by atoms with Crippen LogP contribution in [0.25, 0.3) is 6.08 Å². The molecule has 6 heteroatoms. The standard InChI is InChI=1S/C23H15BrClFN2O/c24-19-7-9-20(10-8-19)28-23(29)18(14-27)11-15-5-6-16(21(25)12-15)13-17-3-1-2-4-22(17)26/h1-12H,13H2,(H,28,29)/b18-11+. The first-order valence-corrected chi connectivity index (χ1v) is 9.84. The Morgan fingerprint density at radius 1 is 1.10 bits per heavy atom. The van der Waals surface area contributed by atoms with E-state index in [0.717, 1.165) is 10.0 Å². The molecule has 0 aliphatic heterocycles. The number of nitrogens with one attached hydrogen (secondary N) is 1. The molecule has 0 aliphatic carbocycles. The van der Waals surface area contributed by atoms with Crippen LogP contribution in [-0.2, 0) is 11.2 Å². The van der Waals surface area contributed by atoms with Crippen LogP contribution in [0.1, 0.15) is 16.7 Å². The molecule has 0 heterocycles. The molecule has 3 aromatic rings. The van der Waals surface area contributed by atoms with Crippen molar-refractivity contribution >= 4 is 45.2 Å². The summed E-state index contributed by atoms with van der Waals surface area (Å²) < 4.78 is 14.7. The highest BCUT2D eigenvalue weighted by Crippen LogP contribution is 2.24. The van der Waals surface area contributed by atoms with Gasteiger partial charge in [0.1, 0.15) is 17.5 Å². The summed E-state index contributed by atoms with van der Waals surface area (Å²) in [4.78, 5) is 12.4. The van der Waals surface area contributed by atoms with Crippen LogP contribution >= 0.6 is 27.5 Å². The lowest BCUT2D eigenvalue weighted by Gasteiger charge is -2.08. The minimum absolute atomic E-state index is 0.0501. The van der Waals surface area contributed by atoms with Crippen molar-refractivity contribution in [2.45, 2.75) is 6.42 Å². The van der Waals surface area contributed by atoms with E-state index in [1.807, 2.05) is 6.07 Å². The zero-order chi connectivity index (χ0) is 20.8. The molecule has 0 saturated carbocycles. The third-order valence-electron chi connectivity index (χ3n) is 4.19. The Morgan fingerprint density at radius 3 is 2.48 bits per heavy atom. The predicted octanol–water partition coefficient (Wildman–Crippen LogP) is 6.38. The molecule has 0 atom stereocenters. The molecule has 0 radical (unpaired) electrons. The first kappa shape index (κ1) is 20.8. The summed E-state index contributed by atoms with van der Waals surface area (Å²) in [6, 6.07) is 20.6. The van der Waals surface area contributed by atoms with E-state index >= 15 is 0 Å². The highest BCUT2D eigenvalue weighted by atomic mass is 79.9. The maximum absolute atomic E-state index is 13.9. The van der Waals surface area contributed by atoms with Gasteiger partial charge in [-0.3, -0.25) is 4.79 Å². The number of rotatable bonds is 5. The highest BCUT2D eigenvalue weighted by Gasteiger charge is 2.11. The van der Waals surface area contributed by atoms with E-state index in [2.05, 4.69) is 21.2 Å². The molecule has 1 N–H and O–H groups in total. The van der Waals surface area contributed by atoms with Crippen LogP contribution in [0.2, 0.25) is 5.02 Å². The van der Waals surface area contributed by atoms with Crippen molar-refractivity contribution in [3.8, 4) is 6.07 Å². The van der Waals surface area contributed by atoms with Gasteiger partial charge in [0.05, 0.1) is 0 Å². The summed E-state index contributed by atoms with van der Waals surface area (Å²) in [5.41, 5.74) is 2.44. The summed E-state index contributed by atoms with van der Waals surface area (Å²) >= 11 is 9.67. The summed E-state index contributed by atoms with van der Waals surface area (Å²) in [5.74, 6) is -0.801. The molecule has 0 spiro atoms. The van der Waals surface area contributed by atoms with Crippen molar-refractivity contribution in [2.75, 3.05) is 5.32 Å². The number of carbonyl (C=O) groups is 1. The third kappa shape index (κ3) is 5.54. The van der Waals surface area contributed by atoms with Crippen LogP contribution in [0.15, 0.2) is 76.8 Å². The highest BCUT2D eigenvalue weighted by molar-refractivity contribution is 9.10. The van der Waals surface area contributed by atoms with E-state index < -0.39 is 5.91 Å². The lowest BCUT2D eigenvalue weighted by Crippen LogP contribution is -2.13. The van der Waals surface area contributed by atoms with Gasteiger partial charge in [-0.2, -0.15) is 5.26 Å². The van der Waals surface area contributed by atoms with Crippen molar-refractivity contribution in [3.63, 3.8) is 0 Å². The minimum atomic E-state index is -0.513. The Balaban J connectivity index is 1.78. The van der Waals surface area contributed by atoms with Crippen LogP contribution in [-0.4, -0.2) is 5.91 Å². The molecular weight excluding hydrogens is 455 g/mol. The van der Waals surface area contributed by atoms with Gasteiger partial charge in [-0.05, 0) is 59.2 Å². The van der Waals surface area contributed by atoms with Crippen LogP contribution in [0.4, 0.5) is 10.1 Å². The topological polar surface area (TPSA) is 52.9 Å². The van der Waals surface area contributed by atoms with E-state index in [9.17, 15) is 14.4 Å². The van der Waals surface area contributed by atoms with Gasteiger partial charge in [0.15, 0.2) is 0 Å². The van der Waals surface area contributed by atoms with Crippen molar-refractivity contribution < 1.29 is 9.18 Å². The normalized spacial score (nSPS) is 11.0. The van der Waals surface area contributed by atoms with E-state index in [1.54, 1.807) is 60.7 Å². The summed E-state index contributed by atoms with van der Waals surface area (Å²) in [6.07, 6.45) is 1.82. The largest absolute Gasteiger partial charge is 0.321 e. The molecule has 3 nitrogen and oxygen atoms in total. The van der Waals surface area contributed by atoms with E-state index in [1.165, 1.54) is 12.1 Å². The average molecular weight is 470 g/mol. The van der Waals surface area contributed by atoms with Crippen LogP contribution in [0.5, 0.6) is 0 Å². The molecule has 3 rings (SSSR count). The van der Waals surface area contributed by atoms with Crippen molar-refractivity contribution in [3.05, 3.63) is 104 Å². The number of anilines is 1. The second kappa shape index (κ2) is 9.51. The Bertz CT molecular complexity index is 1120. The van der Waals surface area contributed by atoms with Crippen molar-refractivity contribution in [2.24, 2.45) is 0 Å². The zero-order valence-electron chi connectivity index (χ0n) is 15.1. The fourth-order valence-electron chi connectivity index (χ4n) is 2.69. The lowest BCUT2D eigenvalue weighted by molar-refractivity contribution is -0.112. The van der Waals surface area contributed by atoms with E-state index in [-0.39, 0.29) is 11.4 Å². The maximum atomic E-state index is 13.9. The summed E-state index contributed by atoms with van der Waals surface area (Å²) in [6.45, 7) is 0. The number of carbonyl (C=O) groups excluding carboxylic acids is 1. The van der Waals surface area contributed by atoms with Crippen LogP contribution in [0, 0.1) is 17.1 Å². The lowest BCUT2D eigenvalue weighted by atomic mass is 10.0. The fourth-order valence-corrected chi connectivity index (χ4v) is 3.21. The number of amides is 1. The monoisotopic (exact) mass is 468 g/mol. The first-order valence-electron chi connectivity index (χ1n) is 8.67. The minimum Gasteiger partial charge on any atom is -0.321 e. The quantitative estimate of drug-likeness (QED) is 0.348. The van der Waals surface area contributed by atoms with Gasteiger partial charge in [-0.25, -0.2) is 4.39 Å². The SMILES string of the molecule is N#C/C(=C\c1ccc(Cc2ccccc2F)c(Cl)c1)C(=O)Nc1ccc(Br)cc1. The number of hydrogen-bond acceptors (Lipinski definition) is 2. The van der Waals surface area contributed by atoms with Gasteiger partial charge in [0, 0.05) is 21.6 Å². The fraction of sp³-hybridized carbons (Fsp3) is 0.0435. The Morgan fingerprint density at radius 2 is 1.83 bits per heavy atom. The molecule has 144 valence electrons. The van der Waals surface area contributed by atoms with Gasteiger partial charge in [-0.15, -0.1) is 0 Å². The molecule has 0 fully saturated rings. The van der Waals surface area contributed by atoms with Crippen LogP contribution in [0.3, 0.4) is 0 Å².